The lowest BCUT2D eigenvalue weighted by Crippen LogP contribution is -2.39. The first-order valence-electron chi connectivity index (χ1n) is 11.3. The third-order valence-electron chi connectivity index (χ3n) is 6.17. The summed E-state index contributed by atoms with van der Waals surface area (Å²) in [4.78, 5) is 10.1. The van der Waals surface area contributed by atoms with Crippen LogP contribution in [0.2, 0.25) is 5.02 Å². The second-order valence-corrected chi connectivity index (χ2v) is 11.0. The standard InChI is InChI=1S/C23H26ClF2N3O3S.CH3Cl/c1-2-33(31,32)16-5-3-15(4-6-16)17(7-12-30)22-27-19-13-18(24)21(14-20(19)28-22)29-10-8-23(25,26)9-11-29;1-2/h3-6,13-14,17,30H,2,7-12H2,1H3,(H,27,28);1H3. The van der Waals surface area contributed by atoms with E-state index < -0.39 is 15.8 Å². The summed E-state index contributed by atoms with van der Waals surface area (Å²) in [5, 5.41) is 10.1. The van der Waals surface area contributed by atoms with Gasteiger partial charge in [0.05, 0.1) is 32.4 Å². The van der Waals surface area contributed by atoms with Crippen molar-refractivity contribution in [1.29, 1.82) is 0 Å². The number of anilines is 1. The van der Waals surface area contributed by atoms with Crippen LogP contribution in [0.5, 0.6) is 0 Å². The number of aliphatic hydroxyl groups is 1. The normalized spacial score (nSPS) is 16.6. The molecule has 192 valence electrons. The highest BCUT2D eigenvalue weighted by molar-refractivity contribution is 7.91. The molecule has 1 unspecified atom stereocenters. The fourth-order valence-corrected chi connectivity index (χ4v) is 5.35. The van der Waals surface area contributed by atoms with Gasteiger partial charge < -0.3 is 15.0 Å². The van der Waals surface area contributed by atoms with E-state index in [9.17, 15) is 22.3 Å². The molecule has 1 aliphatic rings. The lowest BCUT2D eigenvalue weighted by atomic mass is 9.95. The van der Waals surface area contributed by atoms with Gasteiger partial charge in [0.25, 0.3) is 5.92 Å². The van der Waals surface area contributed by atoms with E-state index in [1.165, 1.54) is 6.38 Å². The molecule has 1 atom stereocenters. The van der Waals surface area contributed by atoms with Crippen LogP contribution in [0.1, 0.15) is 43.5 Å². The van der Waals surface area contributed by atoms with Crippen LogP contribution in [0.25, 0.3) is 11.0 Å². The smallest absolute Gasteiger partial charge is 0.251 e. The van der Waals surface area contributed by atoms with E-state index in [1.807, 2.05) is 4.90 Å². The van der Waals surface area contributed by atoms with Gasteiger partial charge in [0, 0.05) is 44.8 Å². The van der Waals surface area contributed by atoms with Crippen LogP contribution in [0.15, 0.2) is 41.3 Å². The number of H-pyrrole nitrogens is 1. The summed E-state index contributed by atoms with van der Waals surface area (Å²) < 4.78 is 51.3. The largest absolute Gasteiger partial charge is 0.396 e. The van der Waals surface area contributed by atoms with Crippen LogP contribution >= 0.6 is 23.2 Å². The van der Waals surface area contributed by atoms with Gasteiger partial charge in [-0.1, -0.05) is 30.7 Å². The second kappa shape index (κ2) is 11.4. The summed E-state index contributed by atoms with van der Waals surface area (Å²) in [7, 11) is -3.30. The number of halogens is 4. The minimum absolute atomic E-state index is 0.0216. The minimum Gasteiger partial charge on any atom is -0.396 e. The molecular formula is C24H29Cl2F2N3O3S. The Morgan fingerprint density at radius 1 is 1.17 bits per heavy atom. The highest BCUT2D eigenvalue weighted by Crippen LogP contribution is 2.37. The van der Waals surface area contributed by atoms with Gasteiger partial charge in [-0.05, 0) is 36.2 Å². The van der Waals surface area contributed by atoms with Crippen molar-refractivity contribution in [2.45, 2.75) is 42.9 Å². The predicted molar refractivity (Wildman–Crippen MR) is 137 cm³/mol. The minimum atomic E-state index is -3.30. The third-order valence-corrected chi connectivity index (χ3v) is 8.23. The zero-order valence-electron chi connectivity index (χ0n) is 19.6. The average Bonchev–Trinajstić information content (AvgIpc) is 3.26. The number of aliphatic hydroxyl groups excluding tert-OH is 1. The molecule has 3 aromatic rings. The Hall–Kier alpha value is -1.94. The van der Waals surface area contributed by atoms with Gasteiger partial charge in [-0.2, -0.15) is 0 Å². The number of hydrogen-bond donors (Lipinski definition) is 2. The van der Waals surface area contributed by atoms with Crippen molar-refractivity contribution in [2.24, 2.45) is 0 Å². The number of benzene rings is 2. The zero-order valence-corrected chi connectivity index (χ0v) is 21.9. The van der Waals surface area contributed by atoms with Crippen LogP contribution in [-0.2, 0) is 9.84 Å². The molecule has 11 heteroatoms. The molecule has 4 rings (SSSR count). The van der Waals surface area contributed by atoms with Crippen molar-refractivity contribution in [3.8, 4) is 0 Å². The summed E-state index contributed by atoms with van der Waals surface area (Å²) in [6.45, 7) is 1.96. The van der Waals surface area contributed by atoms with E-state index in [0.29, 0.717) is 34.0 Å². The second-order valence-electron chi connectivity index (χ2n) is 8.32. The van der Waals surface area contributed by atoms with E-state index in [4.69, 9.17) is 16.6 Å². The van der Waals surface area contributed by atoms with Crippen molar-refractivity contribution in [2.75, 3.05) is 36.7 Å². The summed E-state index contributed by atoms with van der Waals surface area (Å²) >= 11 is 11.1. The van der Waals surface area contributed by atoms with Crippen molar-refractivity contribution in [3.05, 3.63) is 52.8 Å². The number of imidazole rings is 1. The SMILES string of the molecule is CCS(=O)(=O)c1ccc(C(CCO)c2nc3cc(N4CCC(F)(F)CC4)c(Cl)cc3[nH]2)cc1.CCl. The average molecular weight is 548 g/mol. The van der Waals surface area contributed by atoms with Gasteiger partial charge in [-0.15, -0.1) is 11.6 Å². The maximum atomic E-state index is 13.6. The van der Waals surface area contributed by atoms with E-state index in [1.54, 1.807) is 43.3 Å². The molecule has 1 fully saturated rings. The van der Waals surface area contributed by atoms with E-state index >= 15 is 0 Å². The number of fused-ring (bicyclic) bond motifs is 1. The van der Waals surface area contributed by atoms with Crippen LogP contribution in [-0.4, -0.2) is 61.2 Å². The fraction of sp³-hybridized carbons (Fsp3) is 0.458. The van der Waals surface area contributed by atoms with Gasteiger partial charge in [0.2, 0.25) is 0 Å². The third kappa shape index (κ3) is 6.25. The molecule has 2 N–H and O–H groups in total. The summed E-state index contributed by atoms with van der Waals surface area (Å²) in [6, 6.07) is 10.2. The Kier molecular flexibility index (Phi) is 9.01. The number of piperidine rings is 1. The summed E-state index contributed by atoms with van der Waals surface area (Å²) in [5.74, 6) is -2.29. The molecule has 35 heavy (non-hydrogen) atoms. The summed E-state index contributed by atoms with van der Waals surface area (Å²) in [5.41, 5.74) is 2.84. The Bertz CT molecular complexity index is 1240. The quantitative estimate of drug-likeness (QED) is 0.375. The maximum absolute atomic E-state index is 13.6. The Balaban J connectivity index is 0.00000167. The molecule has 1 aromatic heterocycles. The highest BCUT2D eigenvalue weighted by Gasteiger charge is 2.34. The molecule has 0 aliphatic carbocycles. The molecule has 6 nitrogen and oxygen atoms in total. The molecule has 0 saturated carbocycles. The first kappa shape index (κ1) is 27.6. The Labute approximate surface area is 214 Å². The highest BCUT2D eigenvalue weighted by atomic mass is 35.5. The summed E-state index contributed by atoms with van der Waals surface area (Å²) in [6.07, 6.45) is 1.44. The van der Waals surface area contributed by atoms with Crippen LogP contribution in [0, 0.1) is 0 Å². The van der Waals surface area contributed by atoms with Gasteiger partial charge in [-0.25, -0.2) is 22.2 Å². The Morgan fingerprint density at radius 2 is 1.80 bits per heavy atom. The van der Waals surface area contributed by atoms with E-state index in [-0.39, 0.29) is 49.1 Å². The molecule has 0 bridgehead atoms. The first-order chi connectivity index (χ1) is 16.6. The molecule has 1 saturated heterocycles. The molecule has 0 radical (unpaired) electrons. The molecule has 2 heterocycles. The van der Waals surface area contributed by atoms with Gasteiger partial charge >= 0.3 is 0 Å². The number of rotatable bonds is 7. The van der Waals surface area contributed by atoms with Gasteiger partial charge in [0.15, 0.2) is 9.84 Å². The number of sulfone groups is 1. The van der Waals surface area contributed by atoms with Crippen molar-refractivity contribution < 1.29 is 22.3 Å². The lowest BCUT2D eigenvalue weighted by Gasteiger charge is -2.33. The topological polar surface area (TPSA) is 86.3 Å². The zero-order chi connectivity index (χ0) is 25.8. The van der Waals surface area contributed by atoms with Crippen molar-refractivity contribution in [3.63, 3.8) is 0 Å². The maximum Gasteiger partial charge on any atom is 0.251 e. The first-order valence-corrected chi connectivity index (χ1v) is 14.1. The number of aromatic nitrogens is 2. The Morgan fingerprint density at radius 3 is 2.37 bits per heavy atom. The number of aromatic amines is 1. The van der Waals surface area contributed by atoms with Gasteiger partial charge in [-0.3, -0.25) is 0 Å². The molecule has 1 aliphatic heterocycles. The van der Waals surface area contributed by atoms with Crippen molar-refractivity contribution in [1.82, 2.24) is 9.97 Å². The lowest BCUT2D eigenvalue weighted by molar-refractivity contribution is -0.0220. The van der Waals surface area contributed by atoms with Crippen LogP contribution < -0.4 is 4.90 Å². The molecule has 2 aromatic carbocycles. The molecular weight excluding hydrogens is 519 g/mol. The van der Waals surface area contributed by atoms with Crippen molar-refractivity contribution >= 4 is 49.8 Å². The number of nitrogens with zero attached hydrogens (tertiary/aromatic N) is 2. The molecule has 0 amide bonds. The van der Waals surface area contributed by atoms with E-state index in [2.05, 4.69) is 16.6 Å². The number of alkyl halides is 3. The van der Waals surface area contributed by atoms with Crippen LogP contribution in [0.3, 0.4) is 0 Å². The predicted octanol–water partition coefficient (Wildman–Crippen LogP) is 5.61. The van der Waals surface area contributed by atoms with E-state index in [0.717, 1.165) is 5.56 Å². The number of nitrogens with one attached hydrogen (secondary N) is 1. The van der Waals surface area contributed by atoms with Crippen LogP contribution in [0.4, 0.5) is 14.5 Å². The fourth-order valence-electron chi connectivity index (χ4n) is 4.19. The number of hydrogen-bond acceptors (Lipinski definition) is 5. The van der Waals surface area contributed by atoms with Gasteiger partial charge in [0.1, 0.15) is 5.82 Å². The monoisotopic (exact) mass is 547 g/mol. The molecule has 0 spiro atoms.